The Labute approximate surface area is 131 Å². The summed E-state index contributed by atoms with van der Waals surface area (Å²) in [6.45, 7) is 5.45. The van der Waals surface area contributed by atoms with Gasteiger partial charge < -0.3 is 5.32 Å². The number of halogens is 1. The number of aryl methyl sites for hydroxylation is 4. The minimum absolute atomic E-state index is 0.0808. The molecule has 20 heavy (non-hydrogen) atoms. The lowest BCUT2D eigenvalue weighted by atomic mass is 10.3. The van der Waals surface area contributed by atoms with E-state index in [-0.39, 0.29) is 5.91 Å². The Kier molecular flexibility index (Phi) is 4.79. The van der Waals surface area contributed by atoms with Crippen molar-refractivity contribution >= 4 is 28.5 Å². The Morgan fingerprint density at radius 1 is 1.45 bits per heavy atom. The van der Waals surface area contributed by atoms with Gasteiger partial charge in [-0.05, 0) is 48.9 Å². The molecule has 0 unspecified atom stereocenters. The van der Waals surface area contributed by atoms with Crippen LogP contribution in [0.15, 0.2) is 12.3 Å². The van der Waals surface area contributed by atoms with Crippen LogP contribution < -0.4 is 5.32 Å². The molecule has 2 aromatic rings. The van der Waals surface area contributed by atoms with Crippen molar-refractivity contribution < 1.29 is 4.79 Å². The molecule has 6 nitrogen and oxygen atoms in total. The molecule has 0 atom stereocenters. The first-order valence-corrected chi connectivity index (χ1v) is 7.53. The molecule has 0 spiro atoms. The van der Waals surface area contributed by atoms with Crippen LogP contribution in [0.1, 0.15) is 28.3 Å². The maximum atomic E-state index is 12.0. The lowest BCUT2D eigenvalue weighted by Crippen LogP contribution is -2.28. The van der Waals surface area contributed by atoms with E-state index in [0.717, 1.165) is 27.9 Å². The maximum Gasteiger partial charge on any atom is 0.270 e. The highest BCUT2D eigenvalue weighted by molar-refractivity contribution is 14.1. The quantitative estimate of drug-likeness (QED) is 0.627. The Morgan fingerprint density at radius 3 is 2.75 bits per heavy atom. The summed E-state index contributed by atoms with van der Waals surface area (Å²) >= 11 is 2.12. The lowest BCUT2D eigenvalue weighted by Gasteiger charge is -2.07. The smallest absolute Gasteiger partial charge is 0.270 e. The van der Waals surface area contributed by atoms with E-state index in [4.69, 9.17) is 0 Å². The zero-order chi connectivity index (χ0) is 14.7. The van der Waals surface area contributed by atoms with Crippen molar-refractivity contribution in [2.75, 3.05) is 6.54 Å². The van der Waals surface area contributed by atoms with Gasteiger partial charge in [-0.3, -0.25) is 14.2 Å². The van der Waals surface area contributed by atoms with E-state index in [0.29, 0.717) is 12.2 Å². The summed E-state index contributed by atoms with van der Waals surface area (Å²) in [4.78, 5) is 12.0. The molecule has 1 N–H and O–H groups in total. The van der Waals surface area contributed by atoms with Crippen molar-refractivity contribution in [1.29, 1.82) is 0 Å². The van der Waals surface area contributed by atoms with E-state index in [9.17, 15) is 4.79 Å². The highest BCUT2D eigenvalue weighted by atomic mass is 127. The summed E-state index contributed by atoms with van der Waals surface area (Å²) in [5.74, 6) is -0.0808. The SMILES string of the molecule is Cc1cc(C)n(CCCNC(=O)c2c(I)cnn2C)n1. The molecule has 0 saturated carbocycles. The Bertz CT molecular complexity index is 597. The van der Waals surface area contributed by atoms with Crippen LogP contribution in [0, 0.1) is 17.4 Å². The average molecular weight is 387 g/mol. The molecular formula is C13H18IN5O. The van der Waals surface area contributed by atoms with Crippen LogP contribution in [0.4, 0.5) is 0 Å². The molecule has 0 fully saturated rings. The monoisotopic (exact) mass is 387 g/mol. The first-order chi connectivity index (χ1) is 9.49. The molecule has 0 aromatic carbocycles. The summed E-state index contributed by atoms with van der Waals surface area (Å²) < 4.78 is 4.43. The van der Waals surface area contributed by atoms with Crippen LogP contribution in [0.5, 0.6) is 0 Å². The summed E-state index contributed by atoms with van der Waals surface area (Å²) in [5, 5.41) is 11.4. The standard InChI is InChI=1S/C13H18IN5O/c1-9-7-10(2)19(17-9)6-4-5-15-13(20)12-11(14)8-16-18(12)3/h7-8H,4-6H2,1-3H3,(H,15,20). The largest absolute Gasteiger partial charge is 0.351 e. The van der Waals surface area contributed by atoms with E-state index in [1.165, 1.54) is 0 Å². The molecule has 7 heteroatoms. The minimum atomic E-state index is -0.0808. The zero-order valence-corrected chi connectivity index (χ0v) is 14.0. The fraction of sp³-hybridized carbons (Fsp3) is 0.462. The number of aromatic nitrogens is 4. The van der Waals surface area contributed by atoms with Crippen molar-refractivity contribution in [3.63, 3.8) is 0 Å². The lowest BCUT2D eigenvalue weighted by molar-refractivity contribution is 0.0942. The molecule has 0 aliphatic heterocycles. The molecule has 2 rings (SSSR count). The normalized spacial score (nSPS) is 10.8. The van der Waals surface area contributed by atoms with E-state index >= 15 is 0 Å². The van der Waals surface area contributed by atoms with Gasteiger partial charge in [0.25, 0.3) is 5.91 Å². The van der Waals surface area contributed by atoms with Gasteiger partial charge in [-0.2, -0.15) is 10.2 Å². The second-order valence-corrected chi connectivity index (χ2v) is 5.89. The predicted octanol–water partition coefficient (Wildman–Crippen LogP) is 1.66. The van der Waals surface area contributed by atoms with Crippen LogP contribution in [0.2, 0.25) is 0 Å². The first-order valence-electron chi connectivity index (χ1n) is 6.46. The van der Waals surface area contributed by atoms with Gasteiger partial charge in [0.15, 0.2) is 0 Å². The topological polar surface area (TPSA) is 64.7 Å². The van der Waals surface area contributed by atoms with Crippen molar-refractivity contribution in [3.05, 3.63) is 32.9 Å². The first kappa shape index (κ1) is 15.0. The third-order valence-corrected chi connectivity index (χ3v) is 3.83. The van der Waals surface area contributed by atoms with E-state index < -0.39 is 0 Å². The maximum absolute atomic E-state index is 12.0. The van der Waals surface area contributed by atoms with Gasteiger partial charge in [-0.25, -0.2) is 0 Å². The van der Waals surface area contributed by atoms with Gasteiger partial charge in [-0.15, -0.1) is 0 Å². The highest BCUT2D eigenvalue weighted by Crippen LogP contribution is 2.10. The zero-order valence-electron chi connectivity index (χ0n) is 11.9. The molecule has 2 heterocycles. The second kappa shape index (κ2) is 6.38. The molecule has 0 aliphatic rings. The molecule has 0 radical (unpaired) electrons. The van der Waals surface area contributed by atoms with Gasteiger partial charge in [0.2, 0.25) is 0 Å². The van der Waals surface area contributed by atoms with E-state index in [2.05, 4.69) is 44.2 Å². The third kappa shape index (κ3) is 3.38. The Morgan fingerprint density at radius 2 is 2.20 bits per heavy atom. The van der Waals surface area contributed by atoms with Crippen molar-refractivity contribution in [2.45, 2.75) is 26.8 Å². The number of nitrogens with zero attached hydrogens (tertiary/aromatic N) is 4. The summed E-state index contributed by atoms with van der Waals surface area (Å²) in [6, 6.07) is 2.05. The number of nitrogens with one attached hydrogen (secondary N) is 1. The number of carbonyl (C=O) groups excluding carboxylic acids is 1. The fourth-order valence-corrected chi connectivity index (χ4v) is 2.80. The summed E-state index contributed by atoms with van der Waals surface area (Å²) in [6.07, 6.45) is 2.54. The van der Waals surface area contributed by atoms with Crippen molar-refractivity contribution in [3.8, 4) is 0 Å². The summed E-state index contributed by atoms with van der Waals surface area (Å²) in [5.41, 5.74) is 2.78. The number of rotatable bonds is 5. The van der Waals surface area contributed by atoms with Crippen LogP contribution in [0.3, 0.4) is 0 Å². The predicted molar refractivity (Wildman–Crippen MR) is 84.6 cm³/mol. The Balaban J connectivity index is 1.82. The van der Waals surface area contributed by atoms with Crippen molar-refractivity contribution in [2.24, 2.45) is 7.05 Å². The van der Waals surface area contributed by atoms with Crippen molar-refractivity contribution in [1.82, 2.24) is 24.9 Å². The minimum Gasteiger partial charge on any atom is -0.351 e. The summed E-state index contributed by atoms with van der Waals surface area (Å²) in [7, 11) is 1.77. The van der Waals surface area contributed by atoms with Gasteiger partial charge in [0.1, 0.15) is 5.69 Å². The highest BCUT2D eigenvalue weighted by Gasteiger charge is 2.14. The molecule has 2 aromatic heterocycles. The van der Waals surface area contributed by atoms with Gasteiger partial charge >= 0.3 is 0 Å². The van der Waals surface area contributed by atoms with E-state index in [1.807, 2.05) is 18.5 Å². The van der Waals surface area contributed by atoms with Crippen LogP contribution in [0.25, 0.3) is 0 Å². The molecule has 108 valence electrons. The molecule has 0 aliphatic carbocycles. The number of carbonyl (C=O) groups is 1. The fourth-order valence-electron chi connectivity index (χ4n) is 2.08. The number of amides is 1. The van der Waals surface area contributed by atoms with E-state index in [1.54, 1.807) is 17.9 Å². The third-order valence-electron chi connectivity index (χ3n) is 3.04. The average Bonchev–Trinajstić information content (AvgIpc) is 2.87. The molecule has 0 bridgehead atoms. The molecule has 1 amide bonds. The van der Waals surface area contributed by atoms with Gasteiger partial charge in [0, 0.05) is 25.8 Å². The van der Waals surface area contributed by atoms with Crippen LogP contribution >= 0.6 is 22.6 Å². The molecular weight excluding hydrogens is 369 g/mol. The molecule has 0 saturated heterocycles. The van der Waals surface area contributed by atoms with Crippen LogP contribution in [-0.2, 0) is 13.6 Å². The Hall–Kier alpha value is -1.38. The van der Waals surface area contributed by atoms with Crippen LogP contribution in [-0.4, -0.2) is 32.0 Å². The number of hydrogen-bond acceptors (Lipinski definition) is 3. The number of hydrogen-bond donors (Lipinski definition) is 1. The van der Waals surface area contributed by atoms with Gasteiger partial charge in [-0.1, -0.05) is 0 Å². The second-order valence-electron chi connectivity index (χ2n) is 4.72. The van der Waals surface area contributed by atoms with Gasteiger partial charge in [0.05, 0.1) is 15.5 Å².